The number of piperidine rings is 1. The van der Waals surface area contributed by atoms with E-state index in [1.54, 1.807) is 20.9 Å². The average molecular weight is 401 g/mol. The van der Waals surface area contributed by atoms with Crippen LogP contribution in [0, 0.1) is 19.8 Å². The van der Waals surface area contributed by atoms with Crippen LogP contribution in [0.1, 0.15) is 38.1 Å². The zero-order chi connectivity index (χ0) is 20.4. The first-order valence-electron chi connectivity index (χ1n) is 8.91. The number of likely N-dealkylation sites (N-methyl/N-ethyl adjacent to an activating group) is 1. The standard InChI is InChI=1S/C17H27N3O6S/c1-11(2)19(5)15(21)10-25-17(22)14-7-6-8-20(9-14)27(23,24)16-12(3)18-26-13(16)4/h11,14H,6-10H2,1-5H3. The average Bonchev–Trinajstić information content (AvgIpc) is 2.97. The van der Waals surface area contributed by atoms with E-state index >= 15 is 0 Å². The number of hydrogen-bond donors (Lipinski definition) is 0. The molecule has 9 nitrogen and oxygen atoms in total. The predicted molar refractivity (Wildman–Crippen MR) is 96.3 cm³/mol. The van der Waals surface area contributed by atoms with Gasteiger partial charge in [0.15, 0.2) is 12.4 Å². The van der Waals surface area contributed by atoms with Crippen molar-refractivity contribution in [3.05, 3.63) is 11.5 Å². The van der Waals surface area contributed by atoms with Crippen molar-refractivity contribution in [1.29, 1.82) is 0 Å². The second-order valence-corrected chi connectivity index (χ2v) is 8.94. The molecule has 0 radical (unpaired) electrons. The lowest BCUT2D eigenvalue weighted by atomic mass is 10.00. The van der Waals surface area contributed by atoms with Gasteiger partial charge in [0.05, 0.1) is 5.92 Å². The van der Waals surface area contributed by atoms with E-state index in [-0.39, 0.29) is 35.8 Å². The molecule has 1 fully saturated rings. The summed E-state index contributed by atoms with van der Waals surface area (Å²) >= 11 is 0. The Bertz CT molecular complexity index is 782. The monoisotopic (exact) mass is 401 g/mol. The number of hydrogen-bond acceptors (Lipinski definition) is 7. The molecule has 1 aliphatic heterocycles. The molecule has 152 valence electrons. The maximum absolute atomic E-state index is 12.9. The zero-order valence-electron chi connectivity index (χ0n) is 16.4. The van der Waals surface area contributed by atoms with Crippen LogP contribution in [0.15, 0.2) is 9.42 Å². The molecular formula is C17H27N3O6S. The van der Waals surface area contributed by atoms with Crippen LogP contribution in [0.4, 0.5) is 0 Å². The van der Waals surface area contributed by atoms with Gasteiger partial charge in [-0.05, 0) is 40.5 Å². The van der Waals surface area contributed by atoms with Gasteiger partial charge in [-0.3, -0.25) is 9.59 Å². The van der Waals surface area contributed by atoms with E-state index in [4.69, 9.17) is 9.26 Å². The van der Waals surface area contributed by atoms with E-state index in [1.807, 2.05) is 13.8 Å². The Hall–Kier alpha value is -1.94. The van der Waals surface area contributed by atoms with Crippen molar-refractivity contribution < 1.29 is 27.3 Å². The van der Waals surface area contributed by atoms with Crippen molar-refractivity contribution in [2.24, 2.45) is 5.92 Å². The number of amides is 1. The Balaban J connectivity index is 2.03. The summed E-state index contributed by atoms with van der Waals surface area (Å²) in [5, 5.41) is 3.70. The van der Waals surface area contributed by atoms with Crippen LogP contribution in [0.3, 0.4) is 0 Å². The summed E-state index contributed by atoms with van der Waals surface area (Å²) in [5.41, 5.74) is 0.291. The molecule has 1 amide bonds. The molecule has 10 heteroatoms. The molecule has 0 bridgehead atoms. The van der Waals surface area contributed by atoms with Gasteiger partial charge in [-0.15, -0.1) is 0 Å². The molecule has 1 saturated heterocycles. The van der Waals surface area contributed by atoms with Crippen LogP contribution in [-0.2, 0) is 24.3 Å². The molecule has 1 aliphatic rings. The van der Waals surface area contributed by atoms with Crippen molar-refractivity contribution in [3.8, 4) is 0 Å². The Morgan fingerprint density at radius 3 is 2.59 bits per heavy atom. The molecule has 1 atom stereocenters. The smallest absolute Gasteiger partial charge is 0.310 e. The van der Waals surface area contributed by atoms with Gasteiger partial charge in [-0.25, -0.2) is 8.42 Å². The first kappa shape index (κ1) is 21.4. The molecular weight excluding hydrogens is 374 g/mol. The Morgan fingerprint density at radius 2 is 2.04 bits per heavy atom. The van der Waals surface area contributed by atoms with Crippen LogP contribution in [0.2, 0.25) is 0 Å². The normalized spacial score (nSPS) is 18.5. The number of carbonyl (C=O) groups is 2. The fourth-order valence-electron chi connectivity index (χ4n) is 2.97. The first-order valence-corrected chi connectivity index (χ1v) is 10.3. The van der Waals surface area contributed by atoms with Crippen molar-refractivity contribution in [1.82, 2.24) is 14.4 Å². The summed E-state index contributed by atoms with van der Waals surface area (Å²) in [5.74, 6) is -1.24. The van der Waals surface area contributed by atoms with E-state index in [0.29, 0.717) is 25.1 Å². The topological polar surface area (TPSA) is 110 Å². The van der Waals surface area contributed by atoms with Crippen LogP contribution < -0.4 is 0 Å². The number of sulfonamides is 1. The summed E-state index contributed by atoms with van der Waals surface area (Å²) in [6.45, 7) is 6.80. The number of aromatic nitrogens is 1. The highest BCUT2D eigenvalue weighted by Gasteiger charge is 2.37. The maximum Gasteiger partial charge on any atom is 0.310 e. The summed E-state index contributed by atoms with van der Waals surface area (Å²) in [4.78, 5) is 25.8. The minimum Gasteiger partial charge on any atom is -0.455 e. The van der Waals surface area contributed by atoms with Crippen molar-refractivity contribution >= 4 is 21.9 Å². The third kappa shape index (κ3) is 4.67. The lowest BCUT2D eigenvalue weighted by Gasteiger charge is -2.30. The van der Waals surface area contributed by atoms with Gasteiger partial charge in [0.1, 0.15) is 10.6 Å². The Morgan fingerprint density at radius 1 is 1.37 bits per heavy atom. The fourth-order valence-corrected chi connectivity index (χ4v) is 4.78. The number of ether oxygens (including phenoxy) is 1. The van der Waals surface area contributed by atoms with Gasteiger partial charge in [0.2, 0.25) is 10.0 Å². The molecule has 0 aliphatic carbocycles. The maximum atomic E-state index is 12.9. The molecule has 0 N–H and O–H groups in total. The van der Waals surface area contributed by atoms with Crippen LogP contribution in [0.5, 0.6) is 0 Å². The molecule has 0 spiro atoms. The molecule has 0 saturated carbocycles. The third-order valence-corrected chi connectivity index (χ3v) is 6.90. The minimum atomic E-state index is -3.81. The molecule has 1 unspecified atom stereocenters. The Kier molecular flexibility index (Phi) is 6.63. The molecule has 1 aromatic heterocycles. The summed E-state index contributed by atoms with van der Waals surface area (Å²) in [7, 11) is -2.17. The first-order chi connectivity index (χ1) is 12.6. The third-order valence-electron chi connectivity index (χ3n) is 4.79. The number of nitrogens with zero attached hydrogens (tertiary/aromatic N) is 3. The number of aryl methyl sites for hydroxylation is 2. The summed E-state index contributed by atoms with van der Waals surface area (Å²) in [6.07, 6.45) is 1.04. The van der Waals surface area contributed by atoms with E-state index < -0.39 is 21.9 Å². The van der Waals surface area contributed by atoms with Crippen LogP contribution in [-0.4, -0.2) is 67.4 Å². The lowest BCUT2D eigenvalue weighted by Crippen LogP contribution is -2.43. The van der Waals surface area contributed by atoms with Gasteiger partial charge in [-0.1, -0.05) is 5.16 Å². The highest BCUT2D eigenvalue weighted by molar-refractivity contribution is 7.89. The second-order valence-electron chi connectivity index (χ2n) is 7.06. The second kappa shape index (κ2) is 8.39. The van der Waals surface area contributed by atoms with Crippen molar-refractivity contribution in [3.63, 3.8) is 0 Å². The molecule has 1 aromatic rings. The molecule has 2 heterocycles. The van der Waals surface area contributed by atoms with Crippen molar-refractivity contribution in [2.75, 3.05) is 26.7 Å². The zero-order valence-corrected chi connectivity index (χ0v) is 17.2. The highest BCUT2D eigenvalue weighted by atomic mass is 32.2. The minimum absolute atomic E-state index is 0.00145. The van der Waals surface area contributed by atoms with Gasteiger partial charge >= 0.3 is 5.97 Å². The quantitative estimate of drug-likeness (QED) is 0.657. The van der Waals surface area contributed by atoms with Gasteiger partial charge in [-0.2, -0.15) is 4.31 Å². The van der Waals surface area contributed by atoms with E-state index in [9.17, 15) is 18.0 Å². The Labute approximate surface area is 159 Å². The largest absolute Gasteiger partial charge is 0.455 e. The summed E-state index contributed by atoms with van der Waals surface area (Å²) in [6, 6.07) is 0.00145. The number of esters is 1. The van der Waals surface area contributed by atoms with E-state index in [1.165, 1.54) is 9.21 Å². The van der Waals surface area contributed by atoms with Gasteiger partial charge in [0.25, 0.3) is 5.91 Å². The molecule has 27 heavy (non-hydrogen) atoms. The SMILES string of the molecule is Cc1noc(C)c1S(=O)(=O)N1CCCC(C(=O)OCC(=O)N(C)C(C)C)C1. The molecule has 0 aromatic carbocycles. The fraction of sp³-hybridized carbons (Fsp3) is 0.706. The van der Waals surface area contributed by atoms with Crippen LogP contribution >= 0.6 is 0 Å². The number of rotatable bonds is 6. The lowest BCUT2D eigenvalue weighted by molar-refractivity contribution is -0.156. The van der Waals surface area contributed by atoms with E-state index in [0.717, 1.165) is 0 Å². The van der Waals surface area contributed by atoms with Gasteiger partial charge < -0.3 is 14.2 Å². The predicted octanol–water partition coefficient (Wildman–Crippen LogP) is 1.10. The van der Waals surface area contributed by atoms with E-state index in [2.05, 4.69) is 5.16 Å². The van der Waals surface area contributed by atoms with Gasteiger partial charge in [0, 0.05) is 26.2 Å². The summed E-state index contributed by atoms with van der Waals surface area (Å²) < 4.78 is 37.2. The number of carbonyl (C=O) groups excluding carboxylic acids is 2. The van der Waals surface area contributed by atoms with Crippen molar-refractivity contribution in [2.45, 2.75) is 51.5 Å². The highest BCUT2D eigenvalue weighted by Crippen LogP contribution is 2.28. The van der Waals surface area contributed by atoms with Crippen LogP contribution in [0.25, 0.3) is 0 Å². The molecule has 2 rings (SSSR count).